The number of hydrogen-bond acceptors (Lipinski definition) is 2. The summed E-state index contributed by atoms with van der Waals surface area (Å²) in [6, 6.07) is 10.6. The van der Waals surface area contributed by atoms with Gasteiger partial charge in [0.1, 0.15) is 0 Å². The normalized spacial score (nSPS) is 12.1. The number of halogens is 6. The summed E-state index contributed by atoms with van der Waals surface area (Å²) in [5.41, 5.74) is 0.281. The lowest BCUT2D eigenvalue weighted by Crippen LogP contribution is -2.04. The first-order valence-electron chi connectivity index (χ1n) is 7.99. The first-order valence-corrected chi connectivity index (χ1v) is 7.99. The van der Waals surface area contributed by atoms with E-state index in [0.717, 1.165) is 24.3 Å². The van der Waals surface area contributed by atoms with Crippen molar-refractivity contribution in [3.05, 3.63) is 71.9 Å². The lowest BCUT2D eigenvalue weighted by molar-refractivity contribution is -0.138. The zero-order valence-electron chi connectivity index (χ0n) is 14.4. The largest absolute Gasteiger partial charge is 0.481 e. The predicted octanol–water partition coefficient (Wildman–Crippen LogP) is 6.46. The highest BCUT2D eigenvalue weighted by Gasteiger charge is 2.31. The van der Waals surface area contributed by atoms with E-state index in [1.165, 1.54) is 37.6 Å². The number of aromatic nitrogens is 1. The van der Waals surface area contributed by atoms with Crippen molar-refractivity contribution < 1.29 is 31.1 Å². The van der Waals surface area contributed by atoms with Gasteiger partial charge in [0, 0.05) is 17.3 Å². The summed E-state index contributed by atoms with van der Waals surface area (Å²) < 4.78 is 81.6. The van der Waals surface area contributed by atoms with Crippen molar-refractivity contribution in [2.75, 3.05) is 7.11 Å². The number of nitrogens with zero attached hydrogens (tertiary/aromatic N) is 1. The summed E-state index contributed by atoms with van der Waals surface area (Å²) in [5.74, 6) is 0.190. The quantitative estimate of drug-likeness (QED) is 0.473. The highest BCUT2D eigenvalue weighted by atomic mass is 19.4. The van der Waals surface area contributed by atoms with Crippen LogP contribution in [0.15, 0.2) is 60.8 Å². The second kappa shape index (κ2) is 7.18. The summed E-state index contributed by atoms with van der Waals surface area (Å²) in [4.78, 5) is 4.13. The molecule has 0 fully saturated rings. The van der Waals surface area contributed by atoms with Crippen molar-refractivity contribution in [2.24, 2.45) is 0 Å². The molecule has 0 aliphatic heterocycles. The van der Waals surface area contributed by atoms with Crippen molar-refractivity contribution in [3.63, 3.8) is 0 Å². The third-order valence-electron chi connectivity index (χ3n) is 4.11. The Morgan fingerprint density at radius 2 is 1.14 bits per heavy atom. The van der Waals surface area contributed by atoms with Crippen LogP contribution in [0.3, 0.4) is 0 Å². The van der Waals surface area contributed by atoms with Crippen LogP contribution in [-0.2, 0) is 12.4 Å². The molecule has 1 aromatic heterocycles. The van der Waals surface area contributed by atoms with Crippen LogP contribution in [0.4, 0.5) is 26.3 Å². The highest BCUT2D eigenvalue weighted by Crippen LogP contribution is 2.36. The molecule has 0 saturated heterocycles. The fourth-order valence-electron chi connectivity index (χ4n) is 2.67. The van der Waals surface area contributed by atoms with Gasteiger partial charge in [-0.05, 0) is 41.5 Å². The lowest BCUT2D eigenvalue weighted by Gasteiger charge is -2.12. The molecule has 0 amide bonds. The van der Waals surface area contributed by atoms with Gasteiger partial charge < -0.3 is 4.74 Å². The molecule has 3 aromatic rings. The van der Waals surface area contributed by atoms with Gasteiger partial charge in [-0.25, -0.2) is 4.98 Å². The average Bonchev–Trinajstić information content (AvgIpc) is 2.66. The summed E-state index contributed by atoms with van der Waals surface area (Å²) in [6.45, 7) is 0. The first kappa shape index (κ1) is 19.7. The lowest BCUT2D eigenvalue weighted by atomic mass is 9.99. The van der Waals surface area contributed by atoms with Crippen LogP contribution in [0.2, 0.25) is 0 Å². The zero-order chi connectivity index (χ0) is 20.5. The molecule has 8 heteroatoms. The molecule has 146 valence electrons. The fraction of sp³-hybridized carbons (Fsp3) is 0.150. The summed E-state index contributed by atoms with van der Waals surface area (Å²) in [5, 5.41) is 0. The van der Waals surface area contributed by atoms with E-state index in [4.69, 9.17) is 4.74 Å². The van der Waals surface area contributed by atoms with Crippen LogP contribution in [0, 0.1) is 0 Å². The van der Waals surface area contributed by atoms with Crippen LogP contribution >= 0.6 is 0 Å². The van der Waals surface area contributed by atoms with E-state index < -0.39 is 23.5 Å². The molecule has 0 N–H and O–H groups in total. The highest BCUT2D eigenvalue weighted by molar-refractivity contribution is 5.76. The minimum atomic E-state index is -4.46. The van der Waals surface area contributed by atoms with Crippen LogP contribution < -0.4 is 4.74 Å². The Morgan fingerprint density at radius 3 is 1.57 bits per heavy atom. The molecule has 2 nitrogen and oxygen atoms in total. The molecule has 3 rings (SSSR count). The Morgan fingerprint density at radius 1 is 0.679 bits per heavy atom. The van der Waals surface area contributed by atoms with Gasteiger partial charge in [-0.2, -0.15) is 26.3 Å². The van der Waals surface area contributed by atoms with E-state index in [9.17, 15) is 26.3 Å². The van der Waals surface area contributed by atoms with Gasteiger partial charge in [0.05, 0.1) is 18.2 Å². The van der Waals surface area contributed by atoms with E-state index in [1.807, 2.05) is 0 Å². The molecule has 2 aromatic carbocycles. The van der Waals surface area contributed by atoms with E-state index in [1.54, 1.807) is 6.07 Å². The molecule has 0 radical (unpaired) electrons. The van der Waals surface area contributed by atoms with Gasteiger partial charge in [-0.1, -0.05) is 24.3 Å². The maximum Gasteiger partial charge on any atom is 0.416 e. The Hall–Kier alpha value is -3.03. The SMILES string of the molecule is COc1ncc(-c2ccc(C(F)(F)F)cc2)cc1-c1ccc(C(F)(F)F)cc1. The minimum absolute atomic E-state index is 0.190. The molecule has 0 aliphatic rings. The second-order valence-electron chi connectivity index (χ2n) is 5.93. The van der Waals surface area contributed by atoms with E-state index in [-0.39, 0.29) is 5.88 Å². The maximum atomic E-state index is 12.8. The van der Waals surface area contributed by atoms with E-state index >= 15 is 0 Å². The number of benzene rings is 2. The van der Waals surface area contributed by atoms with E-state index in [2.05, 4.69) is 4.98 Å². The zero-order valence-corrected chi connectivity index (χ0v) is 14.4. The predicted molar refractivity (Wildman–Crippen MR) is 91.7 cm³/mol. The Kier molecular flexibility index (Phi) is 5.06. The van der Waals surface area contributed by atoms with Crippen LogP contribution in [0.1, 0.15) is 11.1 Å². The molecule has 0 spiro atoms. The van der Waals surface area contributed by atoms with E-state index in [0.29, 0.717) is 22.3 Å². The van der Waals surface area contributed by atoms with Crippen molar-refractivity contribution in [1.82, 2.24) is 4.98 Å². The minimum Gasteiger partial charge on any atom is -0.481 e. The van der Waals surface area contributed by atoms with Crippen molar-refractivity contribution in [1.29, 1.82) is 0 Å². The third kappa shape index (κ3) is 4.11. The van der Waals surface area contributed by atoms with Crippen LogP contribution in [0.5, 0.6) is 5.88 Å². The molecule has 28 heavy (non-hydrogen) atoms. The van der Waals surface area contributed by atoms with Gasteiger partial charge in [0.2, 0.25) is 5.88 Å². The molecule has 0 unspecified atom stereocenters. The standard InChI is InChI=1S/C20H13F6NO/c1-28-18-17(13-4-8-16(9-5-13)20(24,25)26)10-14(11-27-18)12-2-6-15(7-3-12)19(21,22)23/h2-11H,1H3. The first-order chi connectivity index (χ1) is 13.1. The summed E-state index contributed by atoms with van der Waals surface area (Å²) in [6.07, 6.45) is -7.47. The summed E-state index contributed by atoms with van der Waals surface area (Å²) in [7, 11) is 1.37. The smallest absolute Gasteiger partial charge is 0.416 e. The molecule has 0 aliphatic carbocycles. The number of rotatable bonds is 3. The topological polar surface area (TPSA) is 22.1 Å². The van der Waals surface area contributed by atoms with Gasteiger partial charge in [-0.15, -0.1) is 0 Å². The molecular formula is C20H13F6NO. The molecule has 0 bridgehead atoms. The number of pyridine rings is 1. The Balaban J connectivity index is 2.01. The molecular weight excluding hydrogens is 384 g/mol. The van der Waals surface area contributed by atoms with Crippen LogP contribution in [-0.4, -0.2) is 12.1 Å². The number of ether oxygens (including phenoxy) is 1. The van der Waals surface area contributed by atoms with Gasteiger partial charge >= 0.3 is 12.4 Å². The maximum absolute atomic E-state index is 12.8. The monoisotopic (exact) mass is 397 g/mol. The Bertz CT molecular complexity index is 960. The van der Waals surface area contributed by atoms with Crippen molar-refractivity contribution in [3.8, 4) is 28.1 Å². The Labute approximate surface area is 156 Å². The summed E-state index contributed by atoms with van der Waals surface area (Å²) >= 11 is 0. The number of methoxy groups -OCH3 is 1. The fourth-order valence-corrected chi connectivity index (χ4v) is 2.67. The van der Waals surface area contributed by atoms with Gasteiger partial charge in [-0.3, -0.25) is 0 Å². The second-order valence-corrected chi connectivity index (χ2v) is 5.93. The van der Waals surface area contributed by atoms with Gasteiger partial charge in [0.15, 0.2) is 0 Å². The van der Waals surface area contributed by atoms with Crippen LogP contribution in [0.25, 0.3) is 22.3 Å². The van der Waals surface area contributed by atoms with Gasteiger partial charge in [0.25, 0.3) is 0 Å². The molecule has 1 heterocycles. The number of alkyl halides is 6. The van der Waals surface area contributed by atoms with Crippen molar-refractivity contribution in [2.45, 2.75) is 12.4 Å². The molecule has 0 saturated carbocycles. The number of hydrogen-bond donors (Lipinski definition) is 0. The third-order valence-corrected chi connectivity index (χ3v) is 4.11. The molecule has 0 atom stereocenters. The van der Waals surface area contributed by atoms with Crippen molar-refractivity contribution >= 4 is 0 Å². The average molecular weight is 397 g/mol.